The lowest BCUT2D eigenvalue weighted by Gasteiger charge is -2.62. The molecule has 0 saturated heterocycles. The summed E-state index contributed by atoms with van der Waals surface area (Å²) in [5.41, 5.74) is 5.48. The molecule has 8 aliphatic rings. The molecule has 0 aromatic heterocycles. The van der Waals surface area contributed by atoms with E-state index in [0.717, 1.165) is 62.5 Å². The summed E-state index contributed by atoms with van der Waals surface area (Å²) in [6, 6.07) is 0. The van der Waals surface area contributed by atoms with Crippen molar-refractivity contribution in [3.8, 4) is 0 Å². The van der Waals surface area contributed by atoms with Gasteiger partial charge in [0.25, 0.3) is 0 Å². The molecule has 0 radical (unpaired) electrons. The summed E-state index contributed by atoms with van der Waals surface area (Å²) < 4.78 is 27.8. The Bertz CT molecular complexity index is 2190. The van der Waals surface area contributed by atoms with Crippen LogP contribution in [0.5, 0.6) is 0 Å². The van der Waals surface area contributed by atoms with Gasteiger partial charge < -0.3 is 34.6 Å². The zero-order valence-electron chi connectivity index (χ0n) is 45.4. The number of allylic oxidation sites excluding steroid dienone is 5. The number of methoxy groups -OCH3 is 1. The second-order valence-electron chi connectivity index (χ2n) is 25.4. The Morgan fingerprint density at radius 2 is 1.20 bits per heavy atom. The molecule has 14 heteroatoms. The Labute approximate surface area is 428 Å². The van der Waals surface area contributed by atoms with Gasteiger partial charge in [0.05, 0.1) is 18.3 Å². The molecule has 8 aliphatic carbocycles. The maximum absolute atomic E-state index is 12.5. The van der Waals surface area contributed by atoms with Crippen LogP contribution in [0.15, 0.2) is 57.7 Å². The van der Waals surface area contributed by atoms with E-state index in [4.69, 9.17) is 23.7 Å². The maximum Gasteiger partial charge on any atom is 0.303 e. The van der Waals surface area contributed by atoms with Crippen LogP contribution >= 0.6 is 12.3 Å². The molecule has 5 N–H and O–H groups in total. The average Bonchev–Trinajstić information content (AvgIpc) is 3.78. The smallest absolute Gasteiger partial charge is 0.303 e. The quantitative estimate of drug-likeness (QED) is 0.0310. The van der Waals surface area contributed by atoms with Crippen molar-refractivity contribution in [3.05, 3.63) is 57.7 Å². The molecular weight excluding hydrogens is 925 g/mol. The molecule has 0 spiro atoms. The zero-order valence-corrected chi connectivity index (χ0v) is 46.2. The van der Waals surface area contributed by atoms with Crippen LogP contribution in [-0.4, -0.2) is 93.6 Å². The first-order valence-corrected chi connectivity index (χ1v) is 27.2. The van der Waals surface area contributed by atoms with Gasteiger partial charge >= 0.3 is 11.9 Å². The molecule has 400 valence electrons. The molecule has 0 unspecified atom stereocenters. The fourth-order valence-electron chi connectivity index (χ4n) is 17.3. The summed E-state index contributed by atoms with van der Waals surface area (Å²) in [6.45, 7) is 33.1. The van der Waals surface area contributed by atoms with Crippen molar-refractivity contribution < 1.29 is 63.0 Å². The molecule has 2 saturated carbocycles. The van der Waals surface area contributed by atoms with Gasteiger partial charge in [-0.25, -0.2) is 5.26 Å². The number of hydrogen-bond acceptors (Lipinski definition) is 14. The second kappa shape index (κ2) is 20.3. The van der Waals surface area contributed by atoms with Crippen LogP contribution in [0, 0.1) is 68.0 Å². The number of aliphatic hydroxyl groups is 4. The third-order valence-electron chi connectivity index (χ3n) is 20.7. The minimum atomic E-state index is -0.944. The monoisotopic (exact) mass is 1010 g/mol. The molecule has 0 bridgehead atoms. The lowest BCUT2D eigenvalue weighted by atomic mass is 9.45. The predicted octanol–water partition coefficient (Wildman–Crippen LogP) is 10.5. The van der Waals surface area contributed by atoms with Crippen LogP contribution in [0.25, 0.3) is 0 Å². The summed E-state index contributed by atoms with van der Waals surface area (Å²) in [4.78, 5) is 24.6. The number of hydrogen-bond donors (Lipinski definition) is 5. The second-order valence-corrected chi connectivity index (χ2v) is 25.9. The van der Waals surface area contributed by atoms with Crippen LogP contribution in [-0.2, 0) is 37.4 Å². The number of carbonyl (C=O) groups excluding carboxylic acids is 2. The van der Waals surface area contributed by atoms with Gasteiger partial charge in [0.15, 0.2) is 12.3 Å². The highest BCUT2D eigenvalue weighted by atomic mass is 32.2. The lowest BCUT2D eigenvalue weighted by Crippen LogP contribution is -2.63. The molecule has 0 amide bonds. The zero-order chi connectivity index (χ0) is 52.7. The number of carbonyl (C=O) groups is 2. The third kappa shape index (κ3) is 9.03. The van der Waals surface area contributed by atoms with E-state index in [2.05, 4.69) is 111 Å². The van der Waals surface area contributed by atoms with Crippen molar-refractivity contribution in [1.29, 1.82) is 0 Å². The van der Waals surface area contributed by atoms with E-state index in [9.17, 15) is 30.0 Å². The fraction of sp³-hybridized carbons (Fsp3) is 0.789. The summed E-state index contributed by atoms with van der Waals surface area (Å²) in [7, 11) is 1.69. The Hall–Kier alpha value is -2.37. The van der Waals surface area contributed by atoms with Gasteiger partial charge in [0, 0.05) is 31.8 Å². The molecule has 0 aromatic carbocycles. The van der Waals surface area contributed by atoms with E-state index in [0.29, 0.717) is 37.0 Å². The Balaban J connectivity index is 0.000000211. The summed E-state index contributed by atoms with van der Waals surface area (Å²) >= 11 is 0.487. The molecular formula is C57H88O13S. The van der Waals surface area contributed by atoms with Gasteiger partial charge in [0.1, 0.15) is 30.5 Å². The minimum Gasteiger partial charge on any atom is -0.458 e. The molecule has 17 atom stereocenters. The van der Waals surface area contributed by atoms with E-state index >= 15 is 0 Å². The standard InChI is InChI=1S/C33H52O5.C24H36O8S/c1-18(2)19(3)11-12-20(4)23-14-15-24-22-13-16-26-31(6,7)29(37-10)25(35)17-32(26,8)27(22)28(36)30(33(23,24)9)38-21(5)34;1-12-7-9-15-14-8-10-17-22(3,4)20(30-33-32-31-28)16(26)11-23(17,5)18(14)19(27)21(24(12,15)6)29-13(2)25/h15,18,20,23,25-26,28-30,35-36H,3,11-14,16-17H2,1-2,4-10H3;9,12,16-17,19-21,26-28H,7-8,10-11H2,1-6H3/t20-,23-,25-,26+,28-,29+,30+,32+,33-;12-,16+,17-,19+,20-,21-,23-,24+/m10/s1. The molecule has 71 heavy (non-hydrogen) atoms. The van der Waals surface area contributed by atoms with Crippen LogP contribution in [0.4, 0.5) is 0 Å². The summed E-state index contributed by atoms with van der Waals surface area (Å²) in [5.74, 6) is 0.928. The normalized spacial score (nSPS) is 42.2. The van der Waals surface area contributed by atoms with Crippen LogP contribution < -0.4 is 0 Å². The average molecular weight is 1010 g/mol. The fourth-order valence-corrected chi connectivity index (χ4v) is 17.8. The topological polar surface area (TPSA) is 191 Å². The van der Waals surface area contributed by atoms with Gasteiger partial charge in [-0.15, -0.1) is 4.33 Å². The number of esters is 2. The Kier molecular flexibility index (Phi) is 16.1. The first-order chi connectivity index (χ1) is 33.0. The molecule has 0 aromatic rings. The Morgan fingerprint density at radius 1 is 0.732 bits per heavy atom. The van der Waals surface area contributed by atoms with Crippen LogP contribution in [0.2, 0.25) is 0 Å². The first kappa shape index (κ1) is 56.4. The highest BCUT2D eigenvalue weighted by molar-refractivity contribution is 7.89. The van der Waals surface area contributed by atoms with E-state index in [-0.39, 0.29) is 41.2 Å². The lowest BCUT2D eigenvalue weighted by molar-refractivity contribution is -0.434. The molecule has 2 fully saturated rings. The van der Waals surface area contributed by atoms with E-state index in [1.54, 1.807) is 7.11 Å². The van der Waals surface area contributed by atoms with E-state index in [1.165, 1.54) is 41.7 Å². The summed E-state index contributed by atoms with van der Waals surface area (Å²) in [5, 5.41) is 58.5. The van der Waals surface area contributed by atoms with Gasteiger partial charge in [-0.1, -0.05) is 112 Å². The van der Waals surface area contributed by atoms with Crippen LogP contribution in [0.3, 0.4) is 0 Å². The summed E-state index contributed by atoms with van der Waals surface area (Å²) in [6.07, 6.45) is 7.47. The first-order valence-electron chi connectivity index (χ1n) is 26.5. The highest BCUT2D eigenvalue weighted by Gasteiger charge is 2.67. The van der Waals surface area contributed by atoms with Gasteiger partial charge in [-0.05, 0) is 155 Å². The van der Waals surface area contributed by atoms with Crippen molar-refractivity contribution in [2.24, 2.45) is 68.0 Å². The van der Waals surface area contributed by atoms with Crippen LogP contribution in [0.1, 0.15) is 161 Å². The van der Waals surface area contributed by atoms with Crippen molar-refractivity contribution in [3.63, 3.8) is 0 Å². The van der Waals surface area contributed by atoms with Crippen molar-refractivity contribution in [2.45, 2.75) is 210 Å². The predicted molar refractivity (Wildman–Crippen MR) is 272 cm³/mol. The van der Waals surface area contributed by atoms with Gasteiger partial charge in [-0.3, -0.25) is 13.8 Å². The minimum absolute atomic E-state index is 0.0872. The molecule has 8 rings (SSSR count). The number of aliphatic hydroxyl groups excluding tert-OH is 4. The van der Waals surface area contributed by atoms with Gasteiger partial charge in [0.2, 0.25) is 0 Å². The van der Waals surface area contributed by atoms with E-state index in [1.807, 2.05) is 0 Å². The Morgan fingerprint density at radius 3 is 1.68 bits per heavy atom. The number of fused-ring (bicyclic) bond motifs is 8. The van der Waals surface area contributed by atoms with Gasteiger partial charge in [-0.2, -0.15) is 0 Å². The molecule has 0 heterocycles. The number of ether oxygens (including phenoxy) is 3. The number of rotatable bonds is 12. The van der Waals surface area contributed by atoms with Crippen molar-refractivity contribution in [1.82, 2.24) is 0 Å². The molecule has 13 nitrogen and oxygen atoms in total. The van der Waals surface area contributed by atoms with E-state index < -0.39 is 75.8 Å². The SMILES string of the molecule is C=C(CC[C@@H](C)[C@H]1CC=C2C3=C([C@@H](O)[C@H](OC(C)=O)[C@@]21C)[C@@]1(C)C[C@@H](O)[C@H](OC)C(C)(C)[C@@H]1CC3)C(C)C.CC(=O)O[C@H]1[C@H](O)C2=C(CC[C@H]3C(C)(C)[C@@H](OSOOO)[C@H](O)C[C@]23C)C2=CC[C@H](C)[C@]21C. The molecule has 0 aliphatic heterocycles. The maximum atomic E-state index is 12.5. The largest absolute Gasteiger partial charge is 0.458 e. The van der Waals surface area contributed by atoms with Crippen molar-refractivity contribution >= 4 is 24.3 Å². The van der Waals surface area contributed by atoms with Crippen molar-refractivity contribution in [2.75, 3.05) is 7.11 Å². The highest BCUT2D eigenvalue weighted by Crippen LogP contribution is 2.69. The third-order valence-corrected chi connectivity index (χ3v) is 21.1.